The molecule has 0 fully saturated rings. The molecule has 2 aromatic carbocycles. The standard InChI is InChI=1S/C22H27N2O6PS/c1-16(2)21(24-32(28,29)12-11-17-7-4-3-5-8-17)30-31(27)15-20(22(25)26)19-10-6-9-18(13-19)14-23/h3-10,13,20,24H,11-12,14-15,23H2,1-2H3/p+1. The fraction of sp³-hybridized carbons (Fsp3) is 0.318. The molecule has 8 nitrogen and oxygen atoms in total. The minimum atomic E-state index is -3.77. The summed E-state index contributed by atoms with van der Waals surface area (Å²) < 4.78 is 45.3. The molecule has 0 aromatic heterocycles. The fourth-order valence-electron chi connectivity index (χ4n) is 2.85. The van der Waals surface area contributed by atoms with Crippen LogP contribution in [0.4, 0.5) is 0 Å². The van der Waals surface area contributed by atoms with Gasteiger partial charge in [-0.15, -0.1) is 0 Å². The van der Waals surface area contributed by atoms with E-state index in [9.17, 15) is 22.9 Å². The van der Waals surface area contributed by atoms with Crippen molar-refractivity contribution in [2.75, 3.05) is 11.9 Å². The number of benzene rings is 2. The van der Waals surface area contributed by atoms with Gasteiger partial charge in [-0.3, -0.25) is 4.79 Å². The lowest BCUT2D eigenvalue weighted by Crippen LogP contribution is -2.28. The van der Waals surface area contributed by atoms with Crippen molar-refractivity contribution in [2.45, 2.75) is 32.7 Å². The summed E-state index contributed by atoms with van der Waals surface area (Å²) in [6.45, 7) is 3.46. The van der Waals surface area contributed by atoms with Crippen molar-refractivity contribution in [1.29, 1.82) is 0 Å². The minimum absolute atomic E-state index is 0.154. The van der Waals surface area contributed by atoms with E-state index < -0.39 is 29.9 Å². The molecule has 0 heterocycles. The Kier molecular flexibility index (Phi) is 9.38. The number of nitrogens with one attached hydrogen (secondary N) is 1. The van der Waals surface area contributed by atoms with E-state index in [1.165, 1.54) is 0 Å². The normalized spacial score (nSPS) is 12.5. The summed E-state index contributed by atoms with van der Waals surface area (Å²) in [5.41, 5.74) is 8.15. The number of allylic oxidation sites excluding steroid dienone is 1. The fourth-order valence-corrected chi connectivity index (χ4v) is 5.22. The molecule has 0 radical (unpaired) electrons. The van der Waals surface area contributed by atoms with Crippen LogP contribution >= 0.6 is 8.03 Å². The zero-order valence-corrected chi connectivity index (χ0v) is 19.7. The molecule has 0 aliphatic heterocycles. The highest BCUT2D eigenvalue weighted by Crippen LogP contribution is 2.34. The highest BCUT2D eigenvalue weighted by atomic mass is 32.2. The van der Waals surface area contributed by atoms with Gasteiger partial charge in [-0.25, -0.2) is 17.7 Å². The molecule has 0 aliphatic carbocycles. The predicted octanol–water partition coefficient (Wildman–Crippen LogP) is 3.49. The van der Waals surface area contributed by atoms with Crippen molar-refractivity contribution in [1.82, 2.24) is 4.72 Å². The molecular formula is C22H28N2O6PS+. The van der Waals surface area contributed by atoms with Crippen LogP contribution < -0.4 is 10.5 Å². The summed E-state index contributed by atoms with van der Waals surface area (Å²) in [4.78, 5) is 11.8. The van der Waals surface area contributed by atoms with Gasteiger partial charge in [0.1, 0.15) is 5.92 Å². The third-order valence-electron chi connectivity index (χ3n) is 4.62. The lowest BCUT2D eigenvalue weighted by atomic mass is 9.99. The molecule has 2 rings (SSSR count). The van der Waals surface area contributed by atoms with Crippen LogP contribution in [0.1, 0.15) is 36.5 Å². The van der Waals surface area contributed by atoms with Crippen LogP contribution in [-0.4, -0.2) is 31.4 Å². The Morgan fingerprint density at radius 1 is 1.12 bits per heavy atom. The molecule has 2 aromatic rings. The van der Waals surface area contributed by atoms with E-state index in [2.05, 4.69) is 4.72 Å². The third-order valence-corrected chi connectivity index (χ3v) is 6.90. The molecule has 2 atom stereocenters. The van der Waals surface area contributed by atoms with E-state index >= 15 is 0 Å². The maximum absolute atomic E-state index is 12.6. The smallest absolute Gasteiger partial charge is 0.481 e. The zero-order chi connectivity index (χ0) is 23.7. The quantitative estimate of drug-likeness (QED) is 0.313. The number of carboxylic acid groups (broad SMARTS) is 1. The molecule has 2 unspecified atom stereocenters. The van der Waals surface area contributed by atoms with Gasteiger partial charge in [0, 0.05) is 6.54 Å². The van der Waals surface area contributed by atoms with Gasteiger partial charge in [-0.1, -0.05) is 54.6 Å². The molecule has 4 N–H and O–H groups in total. The molecule has 172 valence electrons. The first-order chi connectivity index (χ1) is 15.1. The van der Waals surface area contributed by atoms with Gasteiger partial charge in [0.2, 0.25) is 16.2 Å². The summed E-state index contributed by atoms with van der Waals surface area (Å²) in [6, 6.07) is 15.9. The third kappa shape index (κ3) is 8.07. The van der Waals surface area contributed by atoms with Crippen LogP contribution in [0.2, 0.25) is 0 Å². The Balaban J connectivity index is 2.07. The Bertz CT molecular complexity index is 1080. The number of aryl methyl sites for hydroxylation is 1. The summed E-state index contributed by atoms with van der Waals surface area (Å²) in [7, 11) is -6.28. The number of aliphatic carboxylic acids is 1. The van der Waals surface area contributed by atoms with Crippen molar-refractivity contribution in [2.24, 2.45) is 5.73 Å². The van der Waals surface area contributed by atoms with Gasteiger partial charge in [0.05, 0.1) is 5.75 Å². The van der Waals surface area contributed by atoms with Gasteiger partial charge in [0.25, 0.3) is 5.88 Å². The second-order valence-corrected chi connectivity index (χ2v) is 10.5. The van der Waals surface area contributed by atoms with Crippen molar-refractivity contribution < 1.29 is 27.4 Å². The van der Waals surface area contributed by atoms with E-state index in [0.29, 0.717) is 17.6 Å². The van der Waals surface area contributed by atoms with Crippen molar-refractivity contribution >= 4 is 24.0 Å². The number of carboxylic acids is 1. The second kappa shape index (κ2) is 11.8. The van der Waals surface area contributed by atoms with Crippen molar-refractivity contribution in [3.63, 3.8) is 0 Å². The average Bonchev–Trinajstić information content (AvgIpc) is 2.76. The van der Waals surface area contributed by atoms with Gasteiger partial charge in [-0.2, -0.15) is 0 Å². The number of rotatable bonds is 12. The Morgan fingerprint density at radius 2 is 1.78 bits per heavy atom. The summed E-state index contributed by atoms with van der Waals surface area (Å²) in [5, 5.41) is 9.61. The number of hydrogen-bond acceptors (Lipinski definition) is 6. The molecule has 0 amide bonds. The summed E-state index contributed by atoms with van der Waals surface area (Å²) >= 11 is 0. The Hall–Kier alpha value is -2.74. The highest BCUT2D eigenvalue weighted by molar-refractivity contribution is 7.89. The van der Waals surface area contributed by atoms with Crippen LogP contribution in [0.25, 0.3) is 0 Å². The van der Waals surface area contributed by atoms with Gasteiger partial charge >= 0.3 is 14.0 Å². The summed E-state index contributed by atoms with van der Waals surface area (Å²) in [5.74, 6) is -2.58. The molecule has 0 aliphatic rings. The van der Waals surface area contributed by atoms with E-state index in [4.69, 9.17) is 10.3 Å². The lowest BCUT2D eigenvalue weighted by Gasteiger charge is -2.11. The van der Waals surface area contributed by atoms with Gasteiger partial charge in [0.15, 0.2) is 0 Å². The lowest BCUT2D eigenvalue weighted by molar-refractivity contribution is -0.138. The molecular weight excluding hydrogens is 451 g/mol. The zero-order valence-electron chi connectivity index (χ0n) is 18.0. The SMILES string of the molecule is CC(C)=C(NS(=O)(=O)CCc1ccccc1)O[P+](=O)CC(C(=O)O)c1cccc(CN)c1. The first-order valence-electron chi connectivity index (χ1n) is 9.97. The van der Waals surface area contributed by atoms with Crippen LogP contribution in [0.15, 0.2) is 66.1 Å². The molecule has 10 heteroatoms. The number of sulfonamides is 1. The Labute approximate surface area is 189 Å². The van der Waals surface area contributed by atoms with Gasteiger partial charge < -0.3 is 10.8 Å². The first kappa shape index (κ1) is 25.5. The molecule has 0 saturated heterocycles. The summed E-state index contributed by atoms with van der Waals surface area (Å²) in [6.07, 6.45) is -0.0157. The molecule has 0 saturated carbocycles. The van der Waals surface area contributed by atoms with Crippen LogP contribution in [0.3, 0.4) is 0 Å². The van der Waals surface area contributed by atoms with Crippen LogP contribution in [0.5, 0.6) is 0 Å². The first-order valence-corrected chi connectivity index (χ1v) is 13.0. The maximum atomic E-state index is 12.6. The largest absolute Gasteiger partial charge is 0.558 e. The Morgan fingerprint density at radius 3 is 2.38 bits per heavy atom. The molecule has 0 bridgehead atoms. The molecule has 0 spiro atoms. The van der Waals surface area contributed by atoms with Crippen molar-refractivity contribution in [3.8, 4) is 0 Å². The van der Waals surface area contributed by atoms with Crippen LogP contribution in [-0.2, 0) is 36.9 Å². The second-order valence-electron chi connectivity index (χ2n) is 7.43. The monoisotopic (exact) mass is 479 g/mol. The van der Waals surface area contributed by atoms with E-state index in [-0.39, 0.29) is 24.3 Å². The van der Waals surface area contributed by atoms with E-state index in [0.717, 1.165) is 11.1 Å². The number of nitrogens with two attached hydrogens (primary N) is 1. The number of hydrogen-bond donors (Lipinski definition) is 3. The minimum Gasteiger partial charge on any atom is -0.481 e. The van der Waals surface area contributed by atoms with E-state index in [1.807, 2.05) is 30.3 Å². The number of carbonyl (C=O) groups is 1. The topological polar surface area (TPSA) is 136 Å². The predicted molar refractivity (Wildman–Crippen MR) is 124 cm³/mol. The highest BCUT2D eigenvalue weighted by Gasteiger charge is 2.34. The van der Waals surface area contributed by atoms with Gasteiger partial charge in [-0.05, 0) is 47.1 Å². The average molecular weight is 480 g/mol. The van der Waals surface area contributed by atoms with E-state index in [1.54, 1.807) is 38.1 Å². The maximum Gasteiger partial charge on any atom is 0.558 e. The van der Waals surface area contributed by atoms with Crippen molar-refractivity contribution in [3.05, 3.63) is 82.7 Å². The van der Waals surface area contributed by atoms with Crippen LogP contribution in [0, 0.1) is 0 Å². The molecule has 32 heavy (non-hydrogen) atoms.